The predicted octanol–water partition coefficient (Wildman–Crippen LogP) is 4.97. The summed E-state index contributed by atoms with van der Waals surface area (Å²) in [6.45, 7) is 0. The van der Waals surface area contributed by atoms with E-state index in [-0.39, 0.29) is 23.0 Å². The first-order chi connectivity index (χ1) is 15.1. The number of carboxylic acids is 1. The Hall–Kier alpha value is -2.87. The third-order valence-corrected chi connectivity index (χ3v) is 5.36. The zero-order valence-corrected chi connectivity index (χ0v) is 19.5. The number of aliphatic carboxylic acids is 1. The number of carbonyl (C=O) groups excluding carboxylic acids is 1. The molecule has 1 amide bonds. The molecule has 3 rings (SSSR count). The minimum atomic E-state index is -1.01. The number of aromatic nitrogens is 2. The summed E-state index contributed by atoms with van der Waals surface area (Å²) in [5.41, 5.74) is 2.12. The topological polar surface area (TPSA) is 95.4 Å². The lowest BCUT2D eigenvalue weighted by atomic mass is 10.1. The lowest BCUT2D eigenvalue weighted by molar-refractivity contribution is -0.136. The van der Waals surface area contributed by atoms with Gasteiger partial charge in [-0.05, 0) is 35.9 Å². The number of nitrogens with one attached hydrogen (secondary N) is 1. The summed E-state index contributed by atoms with van der Waals surface area (Å²) in [5, 5.41) is 12.7. The molecule has 1 heterocycles. The van der Waals surface area contributed by atoms with Crippen molar-refractivity contribution >= 4 is 58.2 Å². The molecule has 0 aliphatic rings. The molecule has 0 bridgehead atoms. The fraction of sp³-hybridized carbons (Fsp3) is 0.182. The summed E-state index contributed by atoms with van der Waals surface area (Å²) in [7, 11) is 3.52. The van der Waals surface area contributed by atoms with Crippen molar-refractivity contribution in [1.82, 2.24) is 9.97 Å². The van der Waals surface area contributed by atoms with Gasteiger partial charge in [0.2, 0.25) is 0 Å². The van der Waals surface area contributed by atoms with Crippen LogP contribution < -0.4 is 10.2 Å². The van der Waals surface area contributed by atoms with Crippen molar-refractivity contribution in [2.24, 2.45) is 0 Å². The van der Waals surface area contributed by atoms with Crippen LogP contribution in [0.1, 0.15) is 27.3 Å². The van der Waals surface area contributed by atoms with Gasteiger partial charge in [0, 0.05) is 36.8 Å². The van der Waals surface area contributed by atoms with Crippen molar-refractivity contribution in [2.75, 3.05) is 24.3 Å². The molecule has 0 saturated heterocycles. The molecule has 1 aromatic heterocycles. The van der Waals surface area contributed by atoms with Crippen molar-refractivity contribution in [3.63, 3.8) is 0 Å². The Morgan fingerprint density at radius 3 is 2.34 bits per heavy atom. The normalized spacial score (nSPS) is 10.7. The number of anilines is 2. The van der Waals surface area contributed by atoms with Crippen molar-refractivity contribution in [3.8, 4) is 0 Å². The van der Waals surface area contributed by atoms with Gasteiger partial charge in [0.05, 0.1) is 17.0 Å². The van der Waals surface area contributed by atoms with Gasteiger partial charge in [0.25, 0.3) is 5.91 Å². The number of halogens is 3. The Morgan fingerprint density at radius 2 is 1.72 bits per heavy atom. The van der Waals surface area contributed by atoms with E-state index in [0.717, 1.165) is 5.56 Å². The molecule has 7 nitrogen and oxygen atoms in total. The smallest absolute Gasteiger partial charge is 0.308 e. The molecule has 0 fully saturated rings. The van der Waals surface area contributed by atoms with E-state index in [2.05, 4.69) is 15.3 Å². The van der Waals surface area contributed by atoms with Crippen LogP contribution in [-0.4, -0.2) is 41.0 Å². The highest BCUT2D eigenvalue weighted by molar-refractivity contribution is 6.36. The highest BCUT2D eigenvalue weighted by Gasteiger charge is 2.18. The molecule has 0 saturated carbocycles. The second-order valence-corrected chi connectivity index (χ2v) is 8.35. The van der Waals surface area contributed by atoms with Crippen LogP contribution in [0.15, 0.2) is 42.5 Å². The molecule has 32 heavy (non-hydrogen) atoms. The predicted molar refractivity (Wildman–Crippen MR) is 126 cm³/mol. The molecular formula is C22H19Cl3N4O3. The van der Waals surface area contributed by atoms with Crippen LogP contribution in [0.5, 0.6) is 0 Å². The van der Waals surface area contributed by atoms with Crippen molar-refractivity contribution < 1.29 is 14.7 Å². The molecule has 166 valence electrons. The Balaban J connectivity index is 1.76. The zero-order valence-electron chi connectivity index (χ0n) is 17.2. The van der Waals surface area contributed by atoms with Gasteiger partial charge in [-0.15, -0.1) is 0 Å². The van der Waals surface area contributed by atoms with Gasteiger partial charge in [-0.2, -0.15) is 0 Å². The standard InChI is InChI=1S/C22H19Cl3N4O3/c1-29(2)21-16(11-19(30)31)20(25)27-18(28-21)9-12-3-6-14(7-4-12)26-22(32)15-10-13(23)5-8-17(15)24/h3-8,10H,9,11H2,1-2H3,(H,26,32)(H,30,31). The molecule has 0 spiro atoms. The number of carboxylic acid groups (broad SMARTS) is 1. The van der Waals surface area contributed by atoms with E-state index < -0.39 is 5.97 Å². The Kier molecular flexibility index (Phi) is 7.56. The van der Waals surface area contributed by atoms with Crippen LogP contribution >= 0.6 is 34.8 Å². The van der Waals surface area contributed by atoms with Gasteiger partial charge >= 0.3 is 5.97 Å². The van der Waals surface area contributed by atoms with Crippen LogP contribution in [-0.2, 0) is 17.6 Å². The molecule has 0 radical (unpaired) electrons. The second kappa shape index (κ2) is 10.2. The first-order valence-corrected chi connectivity index (χ1v) is 10.6. The van der Waals surface area contributed by atoms with Gasteiger partial charge < -0.3 is 15.3 Å². The average molecular weight is 494 g/mol. The number of hydrogen-bond acceptors (Lipinski definition) is 5. The van der Waals surface area contributed by atoms with E-state index >= 15 is 0 Å². The second-order valence-electron chi connectivity index (χ2n) is 7.15. The monoisotopic (exact) mass is 492 g/mol. The Bertz CT molecular complexity index is 1170. The molecule has 0 aliphatic heterocycles. The van der Waals surface area contributed by atoms with E-state index in [9.17, 15) is 9.59 Å². The lowest BCUT2D eigenvalue weighted by Gasteiger charge is -2.17. The zero-order chi connectivity index (χ0) is 23.4. The molecule has 3 aromatic rings. The average Bonchev–Trinajstić information content (AvgIpc) is 2.72. The maximum Gasteiger partial charge on any atom is 0.308 e. The van der Waals surface area contributed by atoms with Crippen LogP contribution in [0.2, 0.25) is 15.2 Å². The summed E-state index contributed by atoms with van der Waals surface area (Å²) < 4.78 is 0. The van der Waals surface area contributed by atoms with Gasteiger partial charge in [-0.3, -0.25) is 9.59 Å². The van der Waals surface area contributed by atoms with E-state index in [1.807, 2.05) is 12.1 Å². The van der Waals surface area contributed by atoms with Gasteiger partial charge in [-0.25, -0.2) is 9.97 Å². The maximum absolute atomic E-state index is 12.5. The number of carbonyl (C=O) groups is 2. The minimum Gasteiger partial charge on any atom is -0.481 e. The third-order valence-electron chi connectivity index (χ3n) is 4.48. The van der Waals surface area contributed by atoms with E-state index in [0.29, 0.717) is 39.4 Å². The molecule has 10 heteroatoms. The fourth-order valence-electron chi connectivity index (χ4n) is 3.00. The molecule has 0 unspecified atom stereocenters. The number of rotatable bonds is 7. The van der Waals surface area contributed by atoms with Crippen LogP contribution in [0.25, 0.3) is 0 Å². The highest BCUT2D eigenvalue weighted by atomic mass is 35.5. The minimum absolute atomic E-state index is 0.114. The number of hydrogen-bond donors (Lipinski definition) is 2. The number of amides is 1. The summed E-state index contributed by atoms with van der Waals surface area (Å²) >= 11 is 18.3. The lowest BCUT2D eigenvalue weighted by Crippen LogP contribution is -2.18. The molecular weight excluding hydrogens is 475 g/mol. The number of nitrogens with zero attached hydrogens (tertiary/aromatic N) is 3. The summed E-state index contributed by atoms with van der Waals surface area (Å²) in [4.78, 5) is 34.0. The summed E-state index contributed by atoms with van der Waals surface area (Å²) in [5.74, 6) is -0.465. The summed E-state index contributed by atoms with van der Waals surface area (Å²) in [6.07, 6.45) is 0.111. The van der Waals surface area contributed by atoms with Crippen LogP contribution in [0.3, 0.4) is 0 Å². The quantitative estimate of drug-likeness (QED) is 0.451. The molecule has 2 aromatic carbocycles. The first-order valence-electron chi connectivity index (χ1n) is 9.43. The first kappa shape index (κ1) is 23.8. The Labute approximate surface area is 200 Å². The largest absolute Gasteiger partial charge is 0.481 e. The maximum atomic E-state index is 12.5. The Morgan fingerprint density at radius 1 is 1.03 bits per heavy atom. The third kappa shape index (κ3) is 5.88. The molecule has 0 atom stereocenters. The van der Waals surface area contributed by atoms with Crippen molar-refractivity contribution in [1.29, 1.82) is 0 Å². The van der Waals surface area contributed by atoms with Crippen molar-refractivity contribution in [2.45, 2.75) is 12.8 Å². The fourth-order valence-corrected chi connectivity index (χ4v) is 3.62. The number of benzene rings is 2. The van der Waals surface area contributed by atoms with Crippen LogP contribution in [0, 0.1) is 0 Å². The summed E-state index contributed by atoms with van der Waals surface area (Å²) in [6, 6.07) is 11.8. The highest BCUT2D eigenvalue weighted by Crippen LogP contribution is 2.25. The van der Waals surface area contributed by atoms with E-state index in [4.69, 9.17) is 39.9 Å². The molecule has 0 aliphatic carbocycles. The van der Waals surface area contributed by atoms with E-state index in [1.54, 1.807) is 43.3 Å². The van der Waals surface area contributed by atoms with Gasteiger partial charge in [0.15, 0.2) is 0 Å². The van der Waals surface area contributed by atoms with Gasteiger partial charge in [0.1, 0.15) is 16.8 Å². The van der Waals surface area contributed by atoms with Gasteiger partial charge in [-0.1, -0.05) is 46.9 Å². The van der Waals surface area contributed by atoms with E-state index in [1.165, 1.54) is 6.07 Å². The molecule has 2 N–H and O–H groups in total. The van der Waals surface area contributed by atoms with Crippen LogP contribution in [0.4, 0.5) is 11.5 Å². The SMILES string of the molecule is CN(C)c1nc(Cc2ccc(NC(=O)c3cc(Cl)ccc3Cl)cc2)nc(Cl)c1CC(=O)O. The van der Waals surface area contributed by atoms with Crippen molar-refractivity contribution in [3.05, 3.63) is 80.2 Å².